The maximum Gasteiger partial charge on any atom is 0.244 e. The molecular weight excluding hydrogens is 264 g/mol. The van der Waals surface area contributed by atoms with E-state index < -0.39 is 0 Å². The first-order chi connectivity index (χ1) is 10.1. The standard InChI is InChI=1S/C16H18N4O/c1-10-7-11(2)18-16(12(10)8-17)20-9-15(21)19-13-5-3-4-6-14(13)20/h3-7H,8-9,17H2,1-2H3,(H,19,21). The van der Waals surface area contributed by atoms with Gasteiger partial charge in [0, 0.05) is 17.8 Å². The molecule has 1 aliphatic heterocycles. The second-order valence-corrected chi connectivity index (χ2v) is 5.24. The molecule has 0 atom stereocenters. The zero-order valence-electron chi connectivity index (χ0n) is 12.2. The van der Waals surface area contributed by atoms with Crippen LogP contribution >= 0.6 is 0 Å². The first-order valence-electron chi connectivity index (χ1n) is 6.93. The Hall–Kier alpha value is -2.40. The molecule has 21 heavy (non-hydrogen) atoms. The first-order valence-corrected chi connectivity index (χ1v) is 6.93. The lowest BCUT2D eigenvalue weighted by molar-refractivity contribution is -0.115. The van der Waals surface area contributed by atoms with E-state index in [1.54, 1.807) is 0 Å². The fourth-order valence-electron chi connectivity index (χ4n) is 2.74. The van der Waals surface area contributed by atoms with E-state index in [2.05, 4.69) is 10.3 Å². The lowest BCUT2D eigenvalue weighted by Gasteiger charge is -2.31. The van der Waals surface area contributed by atoms with E-state index in [0.29, 0.717) is 6.54 Å². The van der Waals surface area contributed by atoms with Gasteiger partial charge in [-0.2, -0.15) is 0 Å². The molecule has 2 aromatic rings. The van der Waals surface area contributed by atoms with Crippen LogP contribution in [0.25, 0.3) is 0 Å². The molecule has 1 aromatic carbocycles. The smallest absolute Gasteiger partial charge is 0.244 e. The van der Waals surface area contributed by atoms with Gasteiger partial charge in [-0.1, -0.05) is 12.1 Å². The summed E-state index contributed by atoms with van der Waals surface area (Å²) in [6.07, 6.45) is 0. The monoisotopic (exact) mass is 282 g/mol. The van der Waals surface area contributed by atoms with Gasteiger partial charge in [0.25, 0.3) is 0 Å². The van der Waals surface area contributed by atoms with Crippen LogP contribution in [0.3, 0.4) is 0 Å². The number of para-hydroxylation sites is 2. The van der Waals surface area contributed by atoms with Crippen molar-refractivity contribution in [2.24, 2.45) is 5.73 Å². The zero-order chi connectivity index (χ0) is 15.0. The van der Waals surface area contributed by atoms with Gasteiger partial charge in [-0.05, 0) is 37.6 Å². The van der Waals surface area contributed by atoms with Crippen molar-refractivity contribution in [3.63, 3.8) is 0 Å². The Morgan fingerprint density at radius 1 is 1.33 bits per heavy atom. The number of nitrogens with zero attached hydrogens (tertiary/aromatic N) is 2. The van der Waals surface area contributed by atoms with Crippen LogP contribution in [-0.2, 0) is 11.3 Å². The van der Waals surface area contributed by atoms with E-state index in [1.807, 2.05) is 49.1 Å². The molecule has 1 amide bonds. The number of hydrogen-bond donors (Lipinski definition) is 2. The number of nitrogens with one attached hydrogen (secondary N) is 1. The first kappa shape index (κ1) is 13.6. The van der Waals surface area contributed by atoms with Crippen LogP contribution in [0.2, 0.25) is 0 Å². The Labute approximate surface area is 123 Å². The van der Waals surface area contributed by atoms with Crippen LogP contribution in [0, 0.1) is 13.8 Å². The zero-order valence-corrected chi connectivity index (χ0v) is 12.2. The van der Waals surface area contributed by atoms with Crippen LogP contribution in [-0.4, -0.2) is 17.4 Å². The lowest BCUT2D eigenvalue weighted by atomic mass is 10.1. The molecule has 1 aliphatic rings. The summed E-state index contributed by atoms with van der Waals surface area (Å²) >= 11 is 0. The summed E-state index contributed by atoms with van der Waals surface area (Å²) < 4.78 is 0. The number of hydrogen-bond acceptors (Lipinski definition) is 4. The van der Waals surface area contributed by atoms with Crippen LogP contribution in [0.15, 0.2) is 30.3 Å². The number of rotatable bonds is 2. The molecule has 2 heterocycles. The molecule has 108 valence electrons. The van der Waals surface area contributed by atoms with Gasteiger partial charge < -0.3 is 16.0 Å². The van der Waals surface area contributed by atoms with Crippen molar-refractivity contribution in [2.75, 3.05) is 16.8 Å². The Morgan fingerprint density at radius 3 is 2.86 bits per heavy atom. The lowest BCUT2D eigenvalue weighted by Crippen LogP contribution is -2.36. The largest absolute Gasteiger partial charge is 0.326 e. The molecule has 0 aliphatic carbocycles. The third kappa shape index (κ3) is 2.36. The fraction of sp³-hybridized carbons (Fsp3) is 0.250. The number of pyridine rings is 1. The summed E-state index contributed by atoms with van der Waals surface area (Å²) in [5.74, 6) is 0.731. The second kappa shape index (κ2) is 5.18. The highest BCUT2D eigenvalue weighted by Crippen LogP contribution is 2.36. The molecular formula is C16H18N4O. The van der Waals surface area contributed by atoms with Gasteiger partial charge in [0.2, 0.25) is 5.91 Å². The summed E-state index contributed by atoms with van der Waals surface area (Å²) in [7, 11) is 0. The number of anilines is 3. The number of nitrogens with two attached hydrogens (primary N) is 1. The van der Waals surface area contributed by atoms with Crippen LogP contribution in [0.4, 0.5) is 17.2 Å². The van der Waals surface area contributed by atoms with E-state index in [1.165, 1.54) is 0 Å². The van der Waals surface area contributed by atoms with Gasteiger partial charge in [-0.3, -0.25) is 4.79 Å². The Morgan fingerprint density at radius 2 is 2.10 bits per heavy atom. The number of carbonyl (C=O) groups excluding carboxylic acids is 1. The summed E-state index contributed by atoms with van der Waals surface area (Å²) in [5.41, 5.74) is 10.6. The molecule has 0 bridgehead atoms. The third-order valence-corrected chi connectivity index (χ3v) is 3.68. The Balaban J connectivity index is 2.19. The minimum Gasteiger partial charge on any atom is -0.326 e. The third-order valence-electron chi connectivity index (χ3n) is 3.68. The maximum absolute atomic E-state index is 12.0. The number of carbonyl (C=O) groups is 1. The molecule has 5 heteroatoms. The van der Waals surface area contributed by atoms with Crippen molar-refractivity contribution in [3.8, 4) is 0 Å². The van der Waals surface area contributed by atoms with Crippen molar-refractivity contribution in [2.45, 2.75) is 20.4 Å². The molecule has 3 rings (SSSR count). The maximum atomic E-state index is 12.0. The minimum absolute atomic E-state index is 0.0439. The average molecular weight is 282 g/mol. The summed E-state index contributed by atoms with van der Waals surface area (Å²) in [6, 6.07) is 9.75. The van der Waals surface area contributed by atoms with E-state index in [9.17, 15) is 4.79 Å². The van der Waals surface area contributed by atoms with Gasteiger partial charge >= 0.3 is 0 Å². The number of aromatic nitrogens is 1. The van der Waals surface area contributed by atoms with E-state index >= 15 is 0 Å². The fourth-order valence-corrected chi connectivity index (χ4v) is 2.74. The number of fused-ring (bicyclic) bond motifs is 1. The summed E-state index contributed by atoms with van der Waals surface area (Å²) in [6.45, 7) is 4.62. The van der Waals surface area contributed by atoms with Gasteiger partial charge in [0.1, 0.15) is 12.4 Å². The SMILES string of the molecule is Cc1cc(C)c(CN)c(N2CC(=O)Nc3ccccc32)n1. The van der Waals surface area contributed by atoms with Gasteiger partial charge in [-0.25, -0.2) is 4.98 Å². The predicted octanol–water partition coefficient (Wildman–Crippen LogP) is 2.25. The molecule has 0 saturated carbocycles. The molecule has 3 N–H and O–H groups in total. The number of aryl methyl sites for hydroxylation is 2. The van der Waals surface area contributed by atoms with E-state index in [4.69, 9.17) is 5.73 Å². The van der Waals surface area contributed by atoms with Crippen LogP contribution in [0.5, 0.6) is 0 Å². The molecule has 0 spiro atoms. The van der Waals surface area contributed by atoms with Crippen LogP contribution < -0.4 is 16.0 Å². The Bertz CT molecular complexity index is 711. The highest BCUT2D eigenvalue weighted by atomic mass is 16.2. The molecule has 0 unspecified atom stereocenters. The quantitative estimate of drug-likeness (QED) is 0.886. The minimum atomic E-state index is -0.0439. The normalized spacial score (nSPS) is 13.9. The van der Waals surface area contributed by atoms with Crippen molar-refractivity contribution in [3.05, 3.63) is 47.2 Å². The average Bonchev–Trinajstić information content (AvgIpc) is 2.45. The van der Waals surface area contributed by atoms with Crippen molar-refractivity contribution >= 4 is 23.1 Å². The number of amides is 1. The van der Waals surface area contributed by atoms with Gasteiger partial charge in [0.15, 0.2) is 0 Å². The summed E-state index contributed by atoms with van der Waals surface area (Å²) in [5, 5.41) is 2.89. The highest BCUT2D eigenvalue weighted by molar-refractivity contribution is 6.03. The van der Waals surface area contributed by atoms with Crippen molar-refractivity contribution in [1.29, 1.82) is 0 Å². The molecule has 0 saturated heterocycles. The predicted molar refractivity (Wildman–Crippen MR) is 83.7 cm³/mol. The van der Waals surface area contributed by atoms with Gasteiger partial charge in [0.05, 0.1) is 11.4 Å². The molecule has 1 aromatic heterocycles. The van der Waals surface area contributed by atoms with Crippen LogP contribution in [0.1, 0.15) is 16.8 Å². The second-order valence-electron chi connectivity index (χ2n) is 5.24. The van der Waals surface area contributed by atoms with E-state index in [0.717, 1.165) is 34.0 Å². The van der Waals surface area contributed by atoms with E-state index in [-0.39, 0.29) is 12.5 Å². The van der Waals surface area contributed by atoms with Gasteiger partial charge in [-0.15, -0.1) is 0 Å². The number of benzene rings is 1. The topological polar surface area (TPSA) is 71.2 Å². The van der Waals surface area contributed by atoms with Crippen molar-refractivity contribution in [1.82, 2.24) is 4.98 Å². The van der Waals surface area contributed by atoms with Crippen molar-refractivity contribution < 1.29 is 4.79 Å². The molecule has 5 nitrogen and oxygen atoms in total. The molecule has 0 fully saturated rings. The molecule has 0 radical (unpaired) electrons. The Kier molecular flexibility index (Phi) is 3.35. The highest BCUT2D eigenvalue weighted by Gasteiger charge is 2.25. The summed E-state index contributed by atoms with van der Waals surface area (Å²) in [4.78, 5) is 18.5.